The van der Waals surface area contributed by atoms with Gasteiger partial charge in [0.2, 0.25) is 0 Å². The predicted octanol–water partition coefficient (Wildman–Crippen LogP) is 3.95. The van der Waals surface area contributed by atoms with Gasteiger partial charge < -0.3 is 0 Å². The van der Waals surface area contributed by atoms with Crippen molar-refractivity contribution in [3.63, 3.8) is 0 Å². The van der Waals surface area contributed by atoms with E-state index in [-0.39, 0.29) is 5.92 Å². The van der Waals surface area contributed by atoms with E-state index < -0.39 is 12.5 Å². The zero-order valence-corrected chi connectivity index (χ0v) is 11.7. The minimum absolute atomic E-state index is 0.0629. The van der Waals surface area contributed by atoms with Crippen molar-refractivity contribution in [2.24, 2.45) is 0 Å². The zero-order valence-electron chi connectivity index (χ0n) is 11.0. The first-order chi connectivity index (χ1) is 9.92. The van der Waals surface area contributed by atoms with Gasteiger partial charge in [-0.2, -0.15) is 5.10 Å². The average Bonchev–Trinajstić information content (AvgIpc) is 2.80. The second kappa shape index (κ2) is 5.46. The Balaban J connectivity index is 1.83. The summed E-state index contributed by atoms with van der Waals surface area (Å²) in [4.78, 5) is 4.21. The summed E-state index contributed by atoms with van der Waals surface area (Å²) >= 11 is 5.87. The first kappa shape index (κ1) is 14.6. The summed E-state index contributed by atoms with van der Waals surface area (Å²) in [5.74, 6) is -0.0629. The minimum atomic E-state index is -4.59. The molecule has 0 amide bonds. The smallest absolute Gasteiger partial charge is 0.289 e. The van der Waals surface area contributed by atoms with Crippen molar-refractivity contribution in [1.29, 1.82) is 0 Å². The minimum Gasteiger partial charge on any atom is -0.289 e. The highest BCUT2D eigenvalue weighted by atomic mass is 35.5. The number of fused-ring (bicyclic) bond motifs is 1. The Hall–Kier alpha value is -1.34. The summed E-state index contributed by atoms with van der Waals surface area (Å²) in [5, 5.41) is 4.49. The van der Waals surface area contributed by atoms with E-state index in [9.17, 15) is 13.2 Å². The fourth-order valence-corrected chi connectivity index (χ4v) is 3.00. The van der Waals surface area contributed by atoms with Gasteiger partial charge >= 0.3 is 6.36 Å². The van der Waals surface area contributed by atoms with Crippen LogP contribution in [0.15, 0.2) is 18.3 Å². The Morgan fingerprint density at radius 1 is 1.29 bits per heavy atom. The summed E-state index contributed by atoms with van der Waals surface area (Å²) in [6, 6.07) is 3.36. The molecule has 0 spiro atoms. The molecule has 1 aliphatic rings. The normalized spacial score (nSPS) is 23.6. The Morgan fingerprint density at radius 2 is 2.10 bits per heavy atom. The van der Waals surface area contributed by atoms with Gasteiger partial charge in [-0.15, -0.1) is 13.2 Å². The van der Waals surface area contributed by atoms with E-state index in [0.29, 0.717) is 30.1 Å². The maximum Gasteiger partial charge on any atom is 0.522 e. The monoisotopic (exact) mass is 319 g/mol. The first-order valence-electron chi connectivity index (χ1n) is 6.67. The van der Waals surface area contributed by atoms with Crippen LogP contribution in [0.2, 0.25) is 5.15 Å². The van der Waals surface area contributed by atoms with Crippen LogP contribution in [0.5, 0.6) is 0 Å². The molecular weight excluding hydrogens is 307 g/mol. The number of ether oxygens (including phenoxy) is 1. The zero-order chi connectivity index (χ0) is 15.0. The molecule has 21 heavy (non-hydrogen) atoms. The van der Waals surface area contributed by atoms with Crippen LogP contribution >= 0.6 is 11.6 Å². The second-order valence-corrected chi connectivity index (χ2v) is 5.55. The fourth-order valence-electron chi connectivity index (χ4n) is 2.86. The number of hydrogen-bond donors (Lipinski definition) is 0. The van der Waals surface area contributed by atoms with Crippen molar-refractivity contribution < 1.29 is 17.9 Å². The van der Waals surface area contributed by atoms with Crippen molar-refractivity contribution in [2.75, 3.05) is 0 Å². The highest BCUT2D eigenvalue weighted by Crippen LogP contribution is 2.36. The lowest BCUT2D eigenvalue weighted by atomic mass is 9.85. The standard InChI is InChI=1S/C13H13ClF3N3O/c14-11-4-5-12-18-7-10(20(12)19-11)8-2-1-3-9(6-8)21-13(15,16)17/h4-5,7-9H,1-3,6H2. The largest absolute Gasteiger partial charge is 0.522 e. The van der Waals surface area contributed by atoms with Gasteiger partial charge in [0.25, 0.3) is 0 Å². The number of nitrogens with zero attached hydrogens (tertiary/aromatic N) is 3. The van der Waals surface area contributed by atoms with Gasteiger partial charge in [-0.3, -0.25) is 4.74 Å². The highest BCUT2D eigenvalue weighted by molar-refractivity contribution is 6.29. The van der Waals surface area contributed by atoms with Crippen LogP contribution in [0.4, 0.5) is 13.2 Å². The van der Waals surface area contributed by atoms with Gasteiger partial charge in [0, 0.05) is 5.92 Å². The van der Waals surface area contributed by atoms with Crippen LogP contribution in [0.3, 0.4) is 0 Å². The van der Waals surface area contributed by atoms with Gasteiger partial charge in [0.1, 0.15) is 5.15 Å². The number of hydrogen-bond acceptors (Lipinski definition) is 3. The lowest BCUT2D eigenvalue weighted by Crippen LogP contribution is -2.28. The SMILES string of the molecule is FC(F)(F)OC1CCCC(c2cnc3ccc(Cl)nn23)C1. The van der Waals surface area contributed by atoms with Crippen LogP contribution < -0.4 is 0 Å². The molecule has 0 N–H and O–H groups in total. The van der Waals surface area contributed by atoms with Crippen LogP contribution in [-0.2, 0) is 4.74 Å². The van der Waals surface area contributed by atoms with Gasteiger partial charge in [-0.25, -0.2) is 9.50 Å². The van der Waals surface area contributed by atoms with Gasteiger partial charge in [-0.1, -0.05) is 18.0 Å². The summed E-state index contributed by atoms with van der Waals surface area (Å²) in [6.45, 7) is 0. The summed E-state index contributed by atoms with van der Waals surface area (Å²) < 4.78 is 42.8. The van der Waals surface area contributed by atoms with Gasteiger partial charge in [0.15, 0.2) is 5.65 Å². The first-order valence-corrected chi connectivity index (χ1v) is 7.05. The van der Waals surface area contributed by atoms with Crippen molar-refractivity contribution >= 4 is 17.2 Å². The Labute approximate surface area is 123 Å². The maximum absolute atomic E-state index is 12.3. The number of aromatic nitrogens is 3. The lowest BCUT2D eigenvalue weighted by Gasteiger charge is -2.29. The number of alkyl halides is 3. The topological polar surface area (TPSA) is 39.4 Å². The molecule has 3 rings (SSSR count). The van der Waals surface area contributed by atoms with Crippen LogP contribution in [0.25, 0.3) is 5.65 Å². The van der Waals surface area contributed by atoms with Crippen LogP contribution in [0.1, 0.15) is 37.3 Å². The van der Waals surface area contributed by atoms with E-state index in [1.807, 2.05) is 0 Å². The summed E-state index contributed by atoms with van der Waals surface area (Å²) in [5.41, 5.74) is 1.41. The molecule has 2 unspecified atom stereocenters. The highest BCUT2D eigenvalue weighted by Gasteiger charge is 2.36. The third-order valence-electron chi connectivity index (χ3n) is 3.70. The number of halogens is 4. The molecule has 4 nitrogen and oxygen atoms in total. The van der Waals surface area contributed by atoms with E-state index in [1.54, 1.807) is 22.8 Å². The van der Waals surface area contributed by atoms with E-state index in [0.717, 1.165) is 12.1 Å². The van der Waals surface area contributed by atoms with E-state index >= 15 is 0 Å². The molecule has 0 saturated heterocycles. The molecule has 1 fully saturated rings. The molecule has 2 atom stereocenters. The van der Waals surface area contributed by atoms with Crippen molar-refractivity contribution in [3.8, 4) is 0 Å². The van der Waals surface area contributed by atoms with E-state index in [1.165, 1.54) is 0 Å². The van der Waals surface area contributed by atoms with Crippen molar-refractivity contribution in [2.45, 2.75) is 44.1 Å². The quantitative estimate of drug-likeness (QED) is 0.841. The molecule has 0 aliphatic heterocycles. The number of imidazole rings is 1. The third kappa shape index (κ3) is 3.29. The van der Waals surface area contributed by atoms with Gasteiger partial charge in [-0.05, 0) is 31.4 Å². The molecule has 0 bridgehead atoms. The molecule has 1 saturated carbocycles. The van der Waals surface area contributed by atoms with Crippen molar-refractivity contribution in [1.82, 2.24) is 14.6 Å². The molecular formula is C13H13ClF3N3O. The Bertz CT molecular complexity index is 643. The molecule has 2 aromatic heterocycles. The maximum atomic E-state index is 12.3. The molecule has 2 heterocycles. The van der Waals surface area contributed by atoms with Crippen LogP contribution in [-0.4, -0.2) is 27.1 Å². The van der Waals surface area contributed by atoms with Gasteiger partial charge in [0.05, 0.1) is 18.0 Å². The molecule has 8 heteroatoms. The second-order valence-electron chi connectivity index (χ2n) is 5.16. The average molecular weight is 320 g/mol. The predicted molar refractivity (Wildman–Crippen MR) is 70.1 cm³/mol. The Morgan fingerprint density at radius 3 is 2.86 bits per heavy atom. The summed E-state index contributed by atoms with van der Waals surface area (Å²) in [7, 11) is 0. The molecule has 2 aromatic rings. The van der Waals surface area contributed by atoms with E-state index in [2.05, 4.69) is 14.8 Å². The molecule has 114 valence electrons. The summed E-state index contributed by atoms with van der Waals surface area (Å²) in [6.07, 6.45) is -1.55. The number of rotatable bonds is 2. The fraction of sp³-hybridized carbons (Fsp3) is 0.538. The molecule has 0 radical (unpaired) electrons. The lowest BCUT2D eigenvalue weighted by molar-refractivity contribution is -0.345. The molecule has 1 aliphatic carbocycles. The van der Waals surface area contributed by atoms with Crippen molar-refractivity contribution in [3.05, 3.63) is 29.2 Å². The molecule has 0 aromatic carbocycles. The Kier molecular flexibility index (Phi) is 3.79. The van der Waals surface area contributed by atoms with E-state index in [4.69, 9.17) is 11.6 Å². The third-order valence-corrected chi connectivity index (χ3v) is 3.90. The van der Waals surface area contributed by atoms with Crippen LogP contribution in [0, 0.1) is 0 Å².